The fraction of sp³-hybridized carbons (Fsp3) is 0.593. The Morgan fingerprint density at radius 3 is 1.59 bits per heavy atom. The summed E-state index contributed by atoms with van der Waals surface area (Å²) in [5, 5.41) is 51.8. The molecular weight excluding hydrogens is 1110 g/mol. The summed E-state index contributed by atoms with van der Waals surface area (Å²) in [5.41, 5.74) is 23.0. The molecule has 1 aromatic carbocycles. The van der Waals surface area contributed by atoms with Gasteiger partial charge in [0.15, 0.2) is 5.96 Å². The van der Waals surface area contributed by atoms with Crippen molar-refractivity contribution in [3.63, 3.8) is 0 Å². The van der Waals surface area contributed by atoms with Crippen molar-refractivity contribution in [1.82, 2.24) is 57.8 Å². The van der Waals surface area contributed by atoms with Crippen molar-refractivity contribution in [2.75, 3.05) is 6.54 Å². The summed E-state index contributed by atoms with van der Waals surface area (Å²) in [6.45, 7) is 13.0. The van der Waals surface area contributed by atoms with Crippen molar-refractivity contribution in [1.29, 1.82) is 0 Å². The van der Waals surface area contributed by atoms with Crippen molar-refractivity contribution in [2.24, 2.45) is 45.7 Å². The van der Waals surface area contributed by atoms with E-state index in [1.807, 2.05) is 0 Å². The average Bonchev–Trinajstić information content (AvgIpc) is 3.95. The third-order valence-electron chi connectivity index (χ3n) is 13.1. The summed E-state index contributed by atoms with van der Waals surface area (Å²) in [6.07, 6.45) is 0.562. The lowest BCUT2D eigenvalue weighted by Crippen LogP contribution is -2.61. The minimum absolute atomic E-state index is 0.0280. The van der Waals surface area contributed by atoms with Crippen LogP contribution in [0.1, 0.15) is 118 Å². The predicted molar refractivity (Wildman–Crippen MR) is 307 cm³/mol. The first-order valence-corrected chi connectivity index (χ1v) is 27.8. The summed E-state index contributed by atoms with van der Waals surface area (Å²) in [5.74, 6) is -13.5. The van der Waals surface area contributed by atoms with Crippen LogP contribution in [0.15, 0.2) is 41.8 Å². The molecule has 0 fully saturated rings. The summed E-state index contributed by atoms with van der Waals surface area (Å²) in [4.78, 5) is 171. The lowest BCUT2D eigenvalue weighted by molar-refractivity contribution is -0.143. The number of imidazole rings is 1. The van der Waals surface area contributed by atoms with Gasteiger partial charge in [-0.15, -0.1) is 0 Å². The molecule has 0 unspecified atom stereocenters. The maximum absolute atomic E-state index is 14.2. The van der Waals surface area contributed by atoms with Crippen LogP contribution >= 0.6 is 0 Å². The second kappa shape index (κ2) is 35.9. The molecule has 0 spiro atoms. The van der Waals surface area contributed by atoms with Crippen LogP contribution in [0.25, 0.3) is 0 Å². The van der Waals surface area contributed by atoms with Gasteiger partial charge >= 0.3 is 11.9 Å². The summed E-state index contributed by atoms with van der Waals surface area (Å²) < 4.78 is 0. The zero-order valence-corrected chi connectivity index (χ0v) is 49.2. The number of nitrogens with two attached hydrogens (primary N) is 4. The van der Waals surface area contributed by atoms with Crippen LogP contribution in [0.4, 0.5) is 0 Å². The van der Waals surface area contributed by atoms with E-state index in [2.05, 4.69) is 62.8 Å². The van der Waals surface area contributed by atoms with Crippen LogP contribution in [0.2, 0.25) is 0 Å². The van der Waals surface area contributed by atoms with Gasteiger partial charge in [-0.1, -0.05) is 60.1 Å². The number of carboxylic acid groups (broad SMARTS) is 2. The first kappa shape index (κ1) is 72.2. The van der Waals surface area contributed by atoms with Gasteiger partial charge in [-0.05, 0) is 81.4 Å². The fourth-order valence-electron chi connectivity index (χ4n) is 8.30. The first-order valence-electron chi connectivity index (χ1n) is 27.8. The van der Waals surface area contributed by atoms with E-state index in [4.69, 9.17) is 22.9 Å². The van der Waals surface area contributed by atoms with Gasteiger partial charge in [0, 0.05) is 37.7 Å². The Morgan fingerprint density at radius 2 is 1.06 bits per heavy atom. The monoisotopic (exact) mass is 1200 g/mol. The molecule has 2 rings (SSSR count). The number of primary amides is 1. The van der Waals surface area contributed by atoms with Gasteiger partial charge in [-0.2, -0.15) is 0 Å². The number of phenolic OH excluding ortho intramolecular Hbond substituents is 1. The Balaban J connectivity index is 2.44. The second-order valence-electron chi connectivity index (χ2n) is 21.6. The van der Waals surface area contributed by atoms with Gasteiger partial charge in [-0.25, -0.2) is 9.78 Å². The Bertz CT molecular complexity index is 2630. The molecule has 21 N–H and O–H groups in total. The molecule has 1 heterocycles. The lowest BCUT2D eigenvalue weighted by Gasteiger charge is -2.30. The van der Waals surface area contributed by atoms with Crippen LogP contribution < -0.4 is 70.8 Å². The third-order valence-corrected chi connectivity index (χ3v) is 13.1. The van der Waals surface area contributed by atoms with E-state index >= 15 is 0 Å². The van der Waals surface area contributed by atoms with Crippen LogP contribution in [-0.2, 0) is 70.4 Å². The number of guanidine groups is 1. The van der Waals surface area contributed by atoms with E-state index in [9.17, 15) is 72.9 Å². The van der Waals surface area contributed by atoms with E-state index in [0.717, 1.165) is 0 Å². The Labute approximate surface area is 492 Å². The highest BCUT2D eigenvalue weighted by Crippen LogP contribution is 2.16. The van der Waals surface area contributed by atoms with Gasteiger partial charge in [0.05, 0.1) is 18.8 Å². The topological polar surface area (TPSA) is 519 Å². The number of amides is 10. The molecule has 11 atom stereocenters. The van der Waals surface area contributed by atoms with E-state index in [1.54, 1.807) is 41.5 Å². The number of aromatic amines is 1. The number of benzene rings is 1. The highest BCUT2D eigenvalue weighted by molar-refractivity contribution is 5.99. The molecule has 85 heavy (non-hydrogen) atoms. The van der Waals surface area contributed by atoms with E-state index < -0.39 is 157 Å². The van der Waals surface area contributed by atoms with Crippen molar-refractivity contribution < 1.29 is 72.9 Å². The van der Waals surface area contributed by atoms with Gasteiger partial charge in [0.25, 0.3) is 0 Å². The van der Waals surface area contributed by atoms with Crippen molar-refractivity contribution >= 4 is 77.0 Å². The highest BCUT2D eigenvalue weighted by Gasteiger charge is 2.37. The van der Waals surface area contributed by atoms with Gasteiger partial charge in [-0.3, -0.25) is 57.7 Å². The number of aliphatic carboxylic acids is 2. The molecule has 0 bridgehead atoms. The van der Waals surface area contributed by atoms with Gasteiger partial charge in [0.1, 0.15) is 60.1 Å². The average molecular weight is 1200 g/mol. The first-order chi connectivity index (χ1) is 39.8. The zero-order chi connectivity index (χ0) is 64.2. The molecule has 2 aromatic rings. The molecule has 0 aliphatic heterocycles. The van der Waals surface area contributed by atoms with Crippen LogP contribution in [-0.4, -0.2) is 169 Å². The molecule has 0 radical (unpaired) electrons. The standard InChI is InChI=1S/C54H86N16O15/c1-9-28(6)43(52(83)68-36(19-26(2)3)49(80)69-40(53(84)85)20-27(4)5)70-47(78)35(16-17-41(56)72)64-46(77)34(11-10-18-60-54(57)58)63-45(76)30(8)62-48(79)39(23-42(73)74)67-51(82)38(22-32-24-59-25-61-32)66-50(81)37(65-44(75)29(7)55)21-31-12-14-33(71)15-13-31/h12-15,24-30,34-40,43,71H,9-11,16-23,55H2,1-8H3,(H2,56,72)(H,59,61)(H,62,79)(H,63,76)(H,64,77)(H,65,75)(H,66,81)(H,67,82)(H,68,83)(H,69,80)(H,70,78)(H,73,74)(H,84,85)(H4,57,58,60)/t28-,29-,30-,34-,35-,36-,37-,38-,39-,40-,43-/m0/s1. The van der Waals surface area contributed by atoms with E-state index in [0.29, 0.717) is 17.7 Å². The smallest absolute Gasteiger partial charge is 0.326 e. The minimum Gasteiger partial charge on any atom is -0.508 e. The summed E-state index contributed by atoms with van der Waals surface area (Å²) in [6, 6.07) is -8.74. The van der Waals surface area contributed by atoms with Crippen LogP contribution in [0.5, 0.6) is 5.75 Å². The Morgan fingerprint density at radius 1 is 0.576 bits per heavy atom. The minimum atomic E-state index is -1.91. The number of nitrogens with zero attached hydrogens (tertiary/aromatic N) is 2. The fourth-order valence-corrected chi connectivity index (χ4v) is 8.30. The van der Waals surface area contributed by atoms with Crippen molar-refractivity contribution in [2.45, 2.75) is 180 Å². The summed E-state index contributed by atoms with van der Waals surface area (Å²) >= 11 is 0. The number of carbonyl (C=O) groups is 12. The molecule has 0 saturated carbocycles. The zero-order valence-electron chi connectivity index (χ0n) is 49.2. The molecule has 0 saturated heterocycles. The number of carbonyl (C=O) groups excluding carboxylic acids is 10. The van der Waals surface area contributed by atoms with Gasteiger partial charge in [0.2, 0.25) is 59.1 Å². The predicted octanol–water partition coefficient (Wildman–Crippen LogP) is -3.35. The number of H-pyrrole nitrogens is 1. The molecular formula is C54H86N16O15. The number of hydrogen-bond acceptors (Lipinski definition) is 16. The molecule has 0 aliphatic carbocycles. The lowest BCUT2D eigenvalue weighted by atomic mass is 9.95. The number of aromatic hydroxyl groups is 1. The van der Waals surface area contributed by atoms with E-state index in [-0.39, 0.29) is 68.6 Å². The maximum atomic E-state index is 14.2. The van der Waals surface area contributed by atoms with Crippen LogP contribution in [0, 0.1) is 17.8 Å². The molecule has 472 valence electrons. The Hall–Kier alpha value is -8.90. The summed E-state index contributed by atoms with van der Waals surface area (Å²) in [7, 11) is 0. The second-order valence-corrected chi connectivity index (χ2v) is 21.6. The molecule has 0 aliphatic rings. The largest absolute Gasteiger partial charge is 0.508 e. The molecule has 10 amide bonds. The quantitative estimate of drug-likeness (QED) is 0.0177. The molecule has 31 heteroatoms. The number of phenols is 1. The molecule has 1 aromatic heterocycles. The molecule has 31 nitrogen and oxygen atoms in total. The number of aliphatic imine (C=N–C) groups is 1. The SMILES string of the molecule is CC[C@H](C)[C@H](NC(=O)[C@H](CCC(N)=O)NC(=O)[C@H](CCCN=C(N)N)NC(=O)[C@H](C)NC(=O)[C@H](CC(=O)O)NC(=O)[C@H](Cc1cnc[nH]1)NC(=O)[C@H](Cc1ccc(O)cc1)NC(=O)[C@H](C)N)C(=O)N[C@@H](CC(C)C)C(=O)N[C@@H](CC(C)C)C(=O)O. The van der Waals surface area contributed by atoms with Crippen molar-refractivity contribution in [3.8, 4) is 5.75 Å². The number of aromatic nitrogens is 2. The van der Waals surface area contributed by atoms with E-state index in [1.165, 1.54) is 50.6 Å². The normalized spacial score (nSPS) is 15.0. The number of rotatable bonds is 38. The van der Waals surface area contributed by atoms with Crippen LogP contribution in [0.3, 0.4) is 0 Å². The number of carboxylic acids is 2. The Kier molecular flexibility index (Phi) is 30.5. The number of nitrogens with one attached hydrogen (secondary N) is 10. The highest BCUT2D eigenvalue weighted by atomic mass is 16.4. The van der Waals surface area contributed by atoms with Crippen molar-refractivity contribution in [3.05, 3.63) is 48.0 Å². The third kappa shape index (κ3) is 26.9. The van der Waals surface area contributed by atoms with Gasteiger partial charge < -0.3 is 91.1 Å². The number of hydrogen-bond donors (Lipinski definition) is 17. The maximum Gasteiger partial charge on any atom is 0.326 e.